The molecule has 1 aromatic rings. The number of carbonyl (C=O) groups excluding carboxylic acids is 1. The molecule has 98 valence electrons. The fraction of sp³-hybridized carbons (Fsp3) is 0.500. The molecule has 0 spiro atoms. The van der Waals surface area contributed by atoms with Crippen molar-refractivity contribution < 1.29 is 9.18 Å². The van der Waals surface area contributed by atoms with E-state index in [4.69, 9.17) is 0 Å². The molecule has 0 atom stereocenters. The lowest BCUT2D eigenvalue weighted by Crippen LogP contribution is -2.59. The summed E-state index contributed by atoms with van der Waals surface area (Å²) < 4.78 is 13.8. The molecule has 0 radical (unpaired) electrons. The van der Waals surface area contributed by atoms with Crippen LogP contribution in [0.1, 0.15) is 29.8 Å². The average Bonchev–Trinajstić information content (AvgIpc) is 2.27. The van der Waals surface area contributed by atoms with E-state index in [1.807, 2.05) is 20.8 Å². The van der Waals surface area contributed by atoms with Crippen LogP contribution in [0, 0.1) is 12.7 Å². The molecule has 1 N–H and O–H groups in total. The number of nitrogens with zero attached hydrogens (tertiary/aromatic N) is 1. The molecule has 0 bridgehead atoms. The zero-order valence-corrected chi connectivity index (χ0v) is 11.1. The third-order valence-corrected chi connectivity index (χ3v) is 3.40. The molecule has 1 saturated heterocycles. The van der Waals surface area contributed by atoms with Crippen molar-refractivity contribution in [3.8, 4) is 0 Å². The summed E-state index contributed by atoms with van der Waals surface area (Å²) in [7, 11) is 0. The molecule has 0 aromatic heterocycles. The van der Waals surface area contributed by atoms with Crippen LogP contribution in [0.4, 0.5) is 4.39 Å². The molecule has 1 aliphatic heterocycles. The third kappa shape index (κ3) is 2.38. The van der Waals surface area contributed by atoms with E-state index >= 15 is 0 Å². The molecule has 4 heteroatoms. The van der Waals surface area contributed by atoms with Crippen molar-refractivity contribution in [2.75, 3.05) is 19.6 Å². The van der Waals surface area contributed by atoms with Crippen LogP contribution in [-0.2, 0) is 0 Å². The molecule has 0 saturated carbocycles. The molecule has 0 aliphatic carbocycles. The summed E-state index contributed by atoms with van der Waals surface area (Å²) in [5.74, 6) is -0.659. The fourth-order valence-electron chi connectivity index (χ4n) is 2.30. The van der Waals surface area contributed by atoms with Crippen LogP contribution in [-0.4, -0.2) is 36.0 Å². The average molecular weight is 250 g/mol. The van der Waals surface area contributed by atoms with Gasteiger partial charge >= 0.3 is 0 Å². The Labute approximate surface area is 107 Å². The maximum absolute atomic E-state index is 13.8. The summed E-state index contributed by atoms with van der Waals surface area (Å²) in [6.45, 7) is 7.88. The number of rotatable bonds is 1. The number of hydrogen-bond donors (Lipinski definition) is 1. The Morgan fingerprint density at radius 3 is 2.78 bits per heavy atom. The van der Waals surface area contributed by atoms with Crippen molar-refractivity contribution in [1.82, 2.24) is 10.2 Å². The molecule has 3 nitrogen and oxygen atoms in total. The van der Waals surface area contributed by atoms with Gasteiger partial charge < -0.3 is 10.2 Å². The first kappa shape index (κ1) is 13.0. The Morgan fingerprint density at radius 2 is 2.17 bits per heavy atom. The summed E-state index contributed by atoms with van der Waals surface area (Å²) in [6.07, 6.45) is 0. The maximum Gasteiger partial charge on any atom is 0.257 e. The first-order valence-corrected chi connectivity index (χ1v) is 6.21. The molecule has 1 fully saturated rings. The minimum absolute atomic E-state index is 0.163. The Bertz CT molecular complexity index is 471. The Kier molecular flexibility index (Phi) is 3.39. The van der Waals surface area contributed by atoms with Crippen LogP contribution in [0.5, 0.6) is 0 Å². The molecule has 1 aliphatic rings. The van der Waals surface area contributed by atoms with Gasteiger partial charge in [-0.2, -0.15) is 0 Å². The molecule has 0 unspecified atom stereocenters. The highest BCUT2D eigenvalue weighted by Gasteiger charge is 2.34. The van der Waals surface area contributed by atoms with Gasteiger partial charge in [0.25, 0.3) is 5.91 Å². The van der Waals surface area contributed by atoms with Crippen LogP contribution >= 0.6 is 0 Å². The zero-order valence-electron chi connectivity index (χ0n) is 11.1. The van der Waals surface area contributed by atoms with Crippen LogP contribution < -0.4 is 5.32 Å². The van der Waals surface area contributed by atoms with Crippen LogP contribution in [0.15, 0.2) is 18.2 Å². The molecular weight excluding hydrogens is 231 g/mol. The van der Waals surface area contributed by atoms with E-state index in [0.29, 0.717) is 6.54 Å². The van der Waals surface area contributed by atoms with Crippen LogP contribution in [0.2, 0.25) is 0 Å². The normalized spacial score (nSPS) is 18.8. The lowest BCUT2D eigenvalue weighted by molar-refractivity contribution is 0.0473. The number of amides is 1. The first-order valence-electron chi connectivity index (χ1n) is 6.21. The van der Waals surface area contributed by atoms with E-state index in [-0.39, 0.29) is 17.0 Å². The highest BCUT2D eigenvalue weighted by molar-refractivity contribution is 5.95. The third-order valence-electron chi connectivity index (χ3n) is 3.40. The van der Waals surface area contributed by atoms with Gasteiger partial charge in [0.15, 0.2) is 0 Å². The van der Waals surface area contributed by atoms with Crippen molar-refractivity contribution in [2.24, 2.45) is 0 Å². The lowest BCUT2D eigenvalue weighted by Gasteiger charge is -2.42. The van der Waals surface area contributed by atoms with Crippen molar-refractivity contribution >= 4 is 5.91 Å². The smallest absolute Gasteiger partial charge is 0.257 e. The molecule has 2 rings (SSSR count). The van der Waals surface area contributed by atoms with E-state index in [1.54, 1.807) is 17.0 Å². The molecule has 1 amide bonds. The topological polar surface area (TPSA) is 32.3 Å². The number of aryl methyl sites for hydroxylation is 1. The maximum atomic E-state index is 13.8. The number of benzene rings is 1. The lowest BCUT2D eigenvalue weighted by atomic mass is 9.98. The van der Waals surface area contributed by atoms with Gasteiger partial charge in [-0.3, -0.25) is 4.79 Å². The first-order chi connectivity index (χ1) is 8.42. The fourth-order valence-corrected chi connectivity index (χ4v) is 2.30. The molecular formula is C14H19FN2O. The van der Waals surface area contributed by atoms with Gasteiger partial charge in [-0.05, 0) is 38.5 Å². The number of carbonyl (C=O) groups is 1. The second-order valence-electron chi connectivity index (χ2n) is 5.43. The van der Waals surface area contributed by atoms with Gasteiger partial charge in [0.1, 0.15) is 5.82 Å². The van der Waals surface area contributed by atoms with Crippen molar-refractivity contribution in [1.29, 1.82) is 0 Å². The minimum Gasteiger partial charge on any atom is -0.331 e. The van der Waals surface area contributed by atoms with Gasteiger partial charge in [-0.1, -0.05) is 6.07 Å². The van der Waals surface area contributed by atoms with Gasteiger partial charge in [0.2, 0.25) is 0 Å². The summed E-state index contributed by atoms with van der Waals surface area (Å²) >= 11 is 0. The Hall–Kier alpha value is -1.42. The van der Waals surface area contributed by atoms with E-state index in [2.05, 4.69) is 5.32 Å². The molecule has 1 heterocycles. The van der Waals surface area contributed by atoms with Gasteiger partial charge in [-0.25, -0.2) is 4.39 Å². The summed E-state index contributed by atoms with van der Waals surface area (Å²) in [6, 6.07) is 4.75. The number of halogens is 1. The standard InChI is InChI=1S/C14H19FN2O/c1-10-4-5-11(12(15)8-10)13(18)17-7-6-16-9-14(17,2)3/h4-5,8,16H,6-7,9H2,1-3H3. The number of nitrogens with one attached hydrogen (secondary N) is 1. The monoisotopic (exact) mass is 250 g/mol. The zero-order chi connectivity index (χ0) is 13.3. The van der Waals surface area contributed by atoms with E-state index in [1.165, 1.54) is 6.07 Å². The van der Waals surface area contributed by atoms with E-state index in [9.17, 15) is 9.18 Å². The second kappa shape index (κ2) is 4.69. The van der Waals surface area contributed by atoms with Crippen LogP contribution in [0.3, 0.4) is 0 Å². The van der Waals surface area contributed by atoms with Gasteiger partial charge in [0.05, 0.1) is 11.1 Å². The van der Waals surface area contributed by atoms with Crippen molar-refractivity contribution in [3.63, 3.8) is 0 Å². The molecule has 1 aromatic carbocycles. The van der Waals surface area contributed by atoms with Crippen molar-refractivity contribution in [3.05, 3.63) is 35.1 Å². The second-order valence-corrected chi connectivity index (χ2v) is 5.43. The number of hydrogen-bond acceptors (Lipinski definition) is 2. The SMILES string of the molecule is Cc1ccc(C(=O)N2CCNCC2(C)C)c(F)c1. The van der Waals surface area contributed by atoms with Gasteiger partial charge in [-0.15, -0.1) is 0 Å². The Balaban J connectivity index is 2.30. The highest BCUT2D eigenvalue weighted by atomic mass is 19.1. The van der Waals surface area contributed by atoms with E-state index in [0.717, 1.165) is 18.7 Å². The van der Waals surface area contributed by atoms with E-state index < -0.39 is 5.82 Å². The number of piperazine rings is 1. The predicted molar refractivity (Wildman–Crippen MR) is 69.1 cm³/mol. The van der Waals surface area contributed by atoms with Crippen molar-refractivity contribution in [2.45, 2.75) is 26.3 Å². The largest absolute Gasteiger partial charge is 0.331 e. The van der Waals surface area contributed by atoms with Crippen LogP contribution in [0.25, 0.3) is 0 Å². The summed E-state index contributed by atoms with van der Waals surface area (Å²) in [5.41, 5.74) is 0.700. The minimum atomic E-state index is -0.436. The highest BCUT2D eigenvalue weighted by Crippen LogP contribution is 2.21. The quantitative estimate of drug-likeness (QED) is 0.826. The summed E-state index contributed by atoms with van der Waals surface area (Å²) in [5, 5.41) is 3.25. The Morgan fingerprint density at radius 1 is 1.44 bits per heavy atom. The predicted octanol–water partition coefficient (Wildman–Crippen LogP) is 1.96. The van der Waals surface area contributed by atoms with Gasteiger partial charge in [0, 0.05) is 19.6 Å². The summed E-state index contributed by atoms with van der Waals surface area (Å²) in [4.78, 5) is 14.2. The molecule has 18 heavy (non-hydrogen) atoms.